The summed E-state index contributed by atoms with van der Waals surface area (Å²) in [6, 6.07) is 8.18. The standard InChI is InChI=1S/C16H24O2S/c1-16(2,17-13-7-5-4-6-8-13)18-14-9-11-15(19-3)12-10-14/h9-13H,4-8H2,1-3H3. The van der Waals surface area contributed by atoms with Crippen LogP contribution >= 0.6 is 11.8 Å². The van der Waals surface area contributed by atoms with E-state index in [1.54, 1.807) is 11.8 Å². The molecule has 0 radical (unpaired) electrons. The number of hydrogen-bond acceptors (Lipinski definition) is 3. The van der Waals surface area contributed by atoms with Crippen molar-refractivity contribution < 1.29 is 9.47 Å². The molecule has 0 bridgehead atoms. The summed E-state index contributed by atoms with van der Waals surface area (Å²) in [6.07, 6.45) is 8.67. The lowest BCUT2D eigenvalue weighted by atomic mass is 9.97. The normalized spacial score (nSPS) is 17.4. The minimum atomic E-state index is -0.553. The monoisotopic (exact) mass is 280 g/mol. The Morgan fingerprint density at radius 2 is 1.68 bits per heavy atom. The summed E-state index contributed by atoms with van der Waals surface area (Å²) in [4.78, 5) is 1.25. The van der Waals surface area contributed by atoms with Crippen molar-refractivity contribution >= 4 is 11.8 Å². The van der Waals surface area contributed by atoms with Gasteiger partial charge in [0.2, 0.25) is 5.79 Å². The second-order valence-corrected chi connectivity index (χ2v) is 6.43. The van der Waals surface area contributed by atoms with Crippen LogP contribution in [0.15, 0.2) is 29.2 Å². The van der Waals surface area contributed by atoms with Crippen molar-refractivity contribution in [3.8, 4) is 5.75 Å². The van der Waals surface area contributed by atoms with Crippen LogP contribution in [0.5, 0.6) is 5.75 Å². The highest BCUT2D eigenvalue weighted by molar-refractivity contribution is 7.98. The lowest BCUT2D eigenvalue weighted by molar-refractivity contribution is -0.193. The smallest absolute Gasteiger partial charge is 0.205 e. The molecule has 1 fully saturated rings. The molecule has 0 aliphatic heterocycles. The topological polar surface area (TPSA) is 18.5 Å². The molecule has 0 aromatic heterocycles. The predicted molar refractivity (Wildman–Crippen MR) is 80.9 cm³/mol. The Morgan fingerprint density at radius 1 is 1.05 bits per heavy atom. The van der Waals surface area contributed by atoms with Gasteiger partial charge in [0.1, 0.15) is 5.75 Å². The zero-order valence-corrected chi connectivity index (χ0v) is 13.0. The van der Waals surface area contributed by atoms with Crippen LogP contribution in [-0.4, -0.2) is 18.1 Å². The van der Waals surface area contributed by atoms with E-state index in [-0.39, 0.29) is 0 Å². The Bertz CT molecular complexity index is 380. The lowest BCUT2D eigenvalue weighted by Crippen LogP contribution is -2.37. The maximum absolute atomic E-state index is 6.11. The van der Waals surface area contributed by atoms with E-state index in [4.69, 9.17) is 9.47 Å². The van der Waals surface area contributed by atoms with Crippen molar-refractivity contribution in [3.05, 3.63) is 24.3 Å². The molecule has 0 amide bonds. The van der Waals surface area contributed by atoms with Crippen molar-refractivity contribution in [1.82, 2.24) is 0 Å². The van der Waals surface area contributed by atoms with Gasteiger partial charge in [0.15, 0.2) is 0 Å². The largest absolute Gasteiger partial charge is 0.463 e. The maximum Gasteiger partial charge on any atom is 0.205 e. The molecule has 1 aromatic rings. The number of thioether (sulfide) groups is 1. The summed E-state index contributed by atoms with van der Waals surface area (Å²) >= 11 is 1.74. The summed E-state index contributed by atoms with van der Waals surface area (Å²) in [5.41, 5.74) is 0. The first kappa shape index (κ1) is 14.7. The van der Waals surface area contributed by atoms with E-state index in [2.05, 4.69) is 18.4 Å². The first-order chi connectivity index (χ1) is 9.09. The quantitative estimate of drug-likeness (QED) is 0.566. The van der Waals surface area contributed by atoms with Gasteiger partial charge >= 0.3 is 0 Å². The molecule has 2 rings (SSSR count). The molecule has 1 aliphatic rings. The summed E-state index contributed by atoms with van der Waals surface area (Å²) in [7, 11) is 0. The molecule has 0 atom stereocenters. The third kappa shape index (κ3) is 4.73. The predicted octanol–water partition coefficient (Wildman–Crippen LogP) is 4.87. The van der Waals surface area contributed by atoms with Gasteiger partial charge in [-0.1, -0.05) is 19.3 Å². The van der Waals surface area contributed by atoms with Crippen molar-refractivity contribution in [3.63, 3.8) is 0 Å². The highest BCUT2D eigenvalue weighted by Crippen LogP contribution is 2.28. The third-order valence-corrected chi connectivity index (χ3v) is 4.17. The Balaban J connectivity index is 1.91. The van der Waals surface area contributed by atoms with Gasteiger partial charge in [0, 0.05) is 18.7 Å². The van der Waals surface area contributed by atoms with Crippen molar-refractivity contribution in [2.45, 2.75) is 62.7 Å². The van der Waals surface area contributed by atoms with Crippen LogP contribution in [0.1, 0.15) is 46.0 Å². The molecule has 1 aromatic carbocycles. The highest BCUT2D eigenvalue weighted by Gasteiger charge is 2.26. The maximum atomic E-state index is 6.11. The molecular formula is C16H24O2S. The summed E-state index contributed by atoms with van der Waals surface area (Å²) in [5, 5.41) is 0. The van der Waals surface area contributed by atoms with E-state index in [0.29, 0.717) is 6.10 Å². The molecule has 0 saturated heterocycles. The number of benzene rings is 1. The Labute approximate surface area is 120 Å². The fourth-order valence-electron chi connectivity index (χ4n) is 2.54. The van der Waals surface area contributed by atoms with Gasteiger partial charge in [-0.05, 0) is 43.4 Å². The van der Waals surface area contributed by atoms with Crippen LogP contribution in [-0.2, 0) is 4.74 Å². The average Bonchev–Trinajstić information content (AvgIpc) is 2.39. The second kappa shape index (κ2) is 6.67. The fourth-order valence-corrected chi connectivity index (χ4v) is 2.94. The van der Waals surface area contributed by atoms with E-state index in [9.17, 15) is 0 Å². The van der Waals surface area contributed by atoms with Crippen LogP contribution in [0, 0.1) is 0 Å². The highest BCUT2D eigenvalue weighted by atomic mass is 32.2. The zero-order chi connectivity index (χ0) is 13.7. The fraction of sp³-hybridized carbons (Fsp3) is 0.625. The molecule has 1 saturated carbocycles. The summed E-state index contributed by atoms with van der Waals surface area (Å²) in [5.74, 6) is 0.321. The van der Waals surface area contributed by atoms with E-state index >= 15 is 0 Å². The van der Waals surface area contributed by atoms with E-state index < -0.39 is 5.79 Å². The van der Waals surface area contributed by atoms with Gasteiger partial charge in [-0.25, -0.2) is 0 Å². The minimum Gasteiger partial charge on any atom is -0.463 e. The SMILES string of the molecule is CSc1ccc(OC(C)(C)OC2CCCCC2)cc1. The van der Waals surface area contributed by atoms with Crippen LogP contribution in [0.25, 0.3) is 0 Å². The molecule has 0 N–H and O–H groups in total. The van der Waals surface area contributed by atoms with Crippen LogP contribution in [0.2, 0.25) is 0 Å². The third-order valence-electron chi connectivity index (χ3n) is 3.43. The molecule has 19 heavy (non-hydrogen) atoms. The van der Waals surface area contributed by atoms with Gasteiger partial charge in [-0.2, -0.15) is 0 Å². The van der Waals surface area contributed by atoms with E-state index in [0.717, 1.165) is 18.6 Å². The van der Waals surface area contributed by atoms with Crippen molar-refractivity contribution in [2.75, 3.05) is 6.26 Å². The summed E-state index contributed by atoms with van der Waals surface area (Å²) in [6.45, 7) is 4.01. The average molecular weight is 280 g/mol. The molecule has 2 nitrogen and oxygen atoms in total. The van der Waals surface area contributed by atoms with Gasteiger partial charge in [-0.3, -0.25) is 0 Å². The number of hydrogen-bond donors (Lipinski definition) is 0. The summed E-state index contributed by atoms with van der Waals surface area (Å²) < 4.78 is 12.1. The van der Waals surface area contributed by atoms with Crippen molar-refractivity contribution in [1.29, 1.82) is 0 Å². The number of ether oxygens (including phenoxy) is 2. The van der Waals surface area contributed by atoms with Crippen LogP contribution in [0.4, 0.5) is 0 Å². The van der Waals surface area contributed by atoms with Crippen LogP contribution < -0.4 is 4.74 Å². The molecule has 3 heteroatoms. The Morgan fingerprint density at radius 3 is 2.26 bits per heavy atom. The molecular weight excluding hydrogens is 256 g/mol. The molecule has 106 valence electrons. The first-order valence-electron chi connectivity index (χ1n) is 7.10. The van der Waals surface area contributed by atoms with E-state index in [1.807, 2.05) is 26.0 Å². The van der Waals surface area contributed by atoms with E-state index in [1.165, 1.54) is 24.2 Å². The lowest BCUT2D eigenvalue weighted by Gasteiger charge is -2.33. The Hall–Kier alpha value is -0.670. The van der Waals surface area contributed by atoms with Gasteiger partial charge < -0.3 is 9.47 Å². The van der Waals surface area contributed by atoms with Crippen LogP contribution in [0.3, 0.4) is 0 Å². The van der Waals surface area contributed by atoms with Crippen molar-refractivity contribution in [2.24, 2.45) is 0 Å². The van der Waals surface area contributed by atoms with Gasteiger partial charge in [0.25, 0.3) is 0 Å². The molecule has 0 unspecified atom stereocenters. The second-order valence-electron chi connectivity index (χ2n) is 5.56. The van der Waals surface area contributed by atoms with Gasteiger partial charge in [-0.15, -0.1) is 11.8 Å². The van der Waals surface area contributed by atoms with Gasteiger partial charge in [0.05, 0.1) is 6.10 Å². The minimum absolute atomic E-state index is 0.356. The Kier molecular flexibility index (Phi) is 5.17. The zero-order valence-electron chi connectivity index (χ0n) is 12.1. The molecule has 1 aliphatic carbocycles. The number of rotatable bonds is 5. The molecule has 0 heterocycles. The molecule has 0 spiro atoms. The first-order valence-corrected chi connectivity index (χ1v) is 8.32.